The highest BCUT2D eigenvalue weighted by Crippen LogP contribution is 2.23. The number of hydrogen-bond donors (Lipinski definition) is 1. The van der Waals surface area contributed by atoms with Crippen molar-refractivity contribution in [2.75, 3.05) is 4.72 Å². The fourth-order valence-corrected chi connectivity index (χ4v) is 3.17. The summed E-state index contributed by atoms with van der Waals surface area (Å²) in [7, 11) is -2.10. The van der Waals surface area contributed by atoms with E-state index in [1.807, 2.05) is 0 Å². The van der Waals surface area contributed by atoms with Crippen molar-refractivity contribution < 1.29 is 8.42 Å². The van der Waals surface area contributed by atoms with Crippen LogP contribution in [0.2, 0.25) is 10.0 Å². The van der Waals surface area contributed by atoms with Gasteiger partial charge >= 0.3 is 0 Å². The number of benzene rings is 1. The van der Waals surface area contributed by atoms with Gasteiger partial charge in [-0.15, -0.1) is 0 Å². The van der Waals surface area contributed by atoms with E-state index < -0.39 is 10.0 Å². The number of hydrogen-bond acceptors (Lipinski definition) is 3. The molecule has 0 saturated carbocycles. The highest BCUT2D eigenvalue weighted by molar-refractivity contribution is 7.92. The van der Waals surface area contributed by atoms with Crippen molar-refractivity contribution in [3.63, 3.8) is 0 Å². The number of aryl methyl sites for hydroxylation is 1. The van der Waals surface area contributed by atoms with Crippen molar-refractivity contribution >= 4 is 39.0 Å². The van der Waals surface area contributed by atoms with Crippen LogP contribution >= 0.6 is 23.2 Å². The van der Waals surface area contributed by atoms with Crippen LogP contribution < -0.4 is 4.72 Å². The Bertz CT molecular complexity index is 662. The first-order chi connectivity index (χ1) is 8.38. The van der Waals surface area contributed by atoms with Gasteiger partial charge in [0.15, 0.2) is 0 Å². The van der Waals surface area contributed by atoms with E-state index in [1.54, 1.807) is 13.1 Å². The summed E-state index contributed by atoms with van der Waals surface area (Å²) in [6.07, 6.45) is 1.49. The van der Waals surface area contributed by atoms with Gasteiger partial charge in [0, 0.05) is 23.2 Å². The van der Waals surface area contributed by atoms with E-state index in [-0.39, 0.29) is 14.9 Å². The van der Waals surface area contributed by atoms with E-state index in [9.17, 15) is 8.42 Å². The lowest BCUT2D eigenvalue weighted by atomic mass is 10.4. The third-order valence-electron chi connectivity index (χ3n) is 2.21. The second-order valence-corrected chi connectivity index (χ2v) is 6.11. The van der Waals surface area contributed by atoms with Gasteiger partial charge in [-0.2, -0.15) is 5.10 Å². The topological polar surface area (TPSA) is 64.0 Å². The van der Waals surface area contributed by atoms with Crippen molar-refractivity contribution in [2.45, 2.75) is 4.90 Å². The minimum Gasteiger partial charge on any atom is -0.264 e. The van der Waals surface area contributed by atoms with Crippen molar-refractivity contribution in [2.24, 2.45) is 7.05 Å². The first-order valence-corrected chi connectivity index (χ1v) is 7.09. The Morgan fingerprint density at radius 1 is 1.22 bits per heavy atom. The normalized spacial score (nSPS) is 11.5. The summed E-state index contributed by atoms with van der Waals surface area (Å²) >= 11 is 11.6. The van der Waals surface area contributed by atoms with Crippen LogP contribution in [0, 0.1) is 0 Å². The van der Waals surface area contributed by atoms with Gasteiger partial charge in [0.25, 0.3) is 10.0 Å². The highest BCUT2D eigenvalue weighted by Gasteiger charge is 2.17. The molecular formula is C10H9Cl2N3O2S. The first kappa shape index (κ1) is 13.2. The average Bonchev–Trinajstić information content (AvgIpc) is 2.62. The van der Waals surface area contributed by atoms with E-state index >= 15 is 0 Å². The zero-order valence-electron chi connectivity index (χ0n) is 9.26. The van der Waals surface area contributed by atoms with E-state index in [0.717, 1.165) is 0 Å². The van der Waals surface area contributed by atoms with Crippen LogP contribution in [-0.2, 0) is 17.1 Å². The Balaban J connectivity index is 2.40. The molecule has 0 aliphatic heterocycles. The fraction of sp³-hybridized carbons (Fsp3) is 0.100. The molecule has 18 heavy (non-hydrogen) atoms. The van der Waals surface area contributed by atoms with Crippen molar-refractivity contribution in [3.05, 3.63) is 40.5 Å². The quantitative estimate of drug-likeness (QED) is 0.947. The summed E-state index contributed by atoms with van der Waals surface area (Å²) < 4.78 is 28.0. The number of halogens is 2. The number of rotatable bonds is 3. The van der Waals surface area contributed by atoms with E-state index in [0.29, 0.717) is 5.82 Å². The maximum atomic E-state index is 12.1. The summed E-state index contributed by atoms with van der Waals surface area (Å²) in [4.78, 5) is 0.00111. The monoisotopic (exact) mass is 305 g/mol. The molecule has 2 aromatic rings. The molecular weight excluding hydrogens is 297 g/mol. The molecule has 0 unspecified atom stereocenters. The van der Waals surface area contributed by atoms with Crippen LogP contribution in [0.15, 0.2) is 35.4 Å². The van der Waals surface area contributed by atoms with Crippen molar-refractivity contribution in [3.8, 4) is 0 Å². The lowest BCUT2D eigenvalue weighted by molar-refractivity contribution is 0.600. The number of sulfonamides is 1. The molecule has 96 valence electrons. The molecule has 1 aromatic heterocycles. The molecule has 0 atom stereocenters. The number of nitrogens with zero attached hydrogens (tertiary/aromatic N) is 2. The molecule has 2 rings (SSSR count). The summed E-state index contributed by atoms with van der Waals surface area (Å²) in [6, 6.07) is 5.66. The fourth-order valence-electron chi connectivity index (χ4n) is 1.35. The molecule has 0 spiro atoms. The van der Waals surface area contributed by atoms with Gasteiger partial charge in [0.1, 0.15) is 5.82 Å². The van der Waals surface area contributed by atoms with Crippen molar-refractivity contribution in [1.29, 1.82) is 0 Å². The molecule has 0 bridgehead atoms. The minimum atomic E-state index is -3.73. The maximum Gasteiger partial charge on any atom is 0.263 e. The van der Waals surface area contributed by atoms with Gasteiger partial charge in [-0.3, -0.25) is 9.40 Å². The van der Waals surface area contributed by atoms with Crippen LogP contribution in [0.3, 0.4) is 0 Å². The molecule has 0 aliphatic carbocycles. The lowest BCUT2D eigenvalue weighted by Crippen LogP contribution is -2.15. The molecule has 8 heteroatoms. The minimum absolute atomic E-state index is 0.00111. The number of anilines is 1. The third kappa shape index (κ3) is 2.77. The molecule has 0 fully saturated rings. The van der Waals surface area contributed by atoms with Crippen molar-refractivity contribution in [1.82, 2.24) is 9.78 Å². The zero-order valence-corrected chi connectivity index (χ0v) is 11.6. The molecule has 0 amide bonds. The Hall–Kier alpha value is -1.24. The van der Waals surface area contributed by atoms with Gasteiger partial charge in [-0.1, -0.05) is 23.2 Å². The molecule has 0 aliphatic rings. The summed E-state index contributed by atoms with van der Waals surface area (Å²) in [5, 5.41) is 4.38. The molecule has 1 N–H and O–H groups in total. The Morgan fingerprint density at radius 2 is 1.83 bits per heavy atom. The Kier molecular flexibility index (Phi) is 3.52. The molecule has 0 saturated heterocycles. The standard InChI is InChI=1S/C10H9Cl2N3O2S/c1-15-10(2-3-13-15)14-18(16,17)9-5-7(11)4-8(12)6-9/h2-6,14H,1H3. The number of nitrogens with one attached hydrogen (secondary N) is 1. The van der Waals surface area contributed by atoms with E-state index in [4.69, 9.17) is 23.2 Å². The molecule has 1 aromatic carbocycles. The number of aromatic nitrogens is 2. The second kappa shape index (κ2) is 4.79. The SMILES string of the molecule is Cn1nccc1NS(=O)(=O)c1cc(Cl)cc(Cl)c1. The zero-order chi connectivity index (χ0) is 13.3. The summed E-state index contributed by atoms with van der Waals surface area (Å²) in [5.41, 5.74) is 0. The van der Waals surface area contributed by atoms with Gasteiger partial charge in [0.2, 0.25) is 0 Å². The van der Waals surface area contributed by atoms with Crippen LogP contribution in [-0.4, -0.2) is 18.2 Å². The van der Waals surface area contributed by atoms with Crippen LogP contribution in [0.25, 0.3) is 0 Å². The average molecular weight is 306 g/mol. The van der Waals surface area contributed by atoms with Crippen LogP contribution in [0.5, 0.6) is 0 Å². The molecule has 1 heterocycles. The summed E-state index contributed by atoms with van der Waals surface area (Å²) in [5.74, 6) is 0.353. The molecule has 0 radical (unpaired) electrons. The van der Waals surface area contributed by atoms with Gasteiger partial charge < -0.3 is 0 Å². The Labute approximate surface area is 114 Å². The summed E-state index contributed by atoms with van der Waals surface area (Å²) in [6.45, 7) is 0. The van der Waals surface area contributed by atoms with Crippen LogP contribution in [0.4, 0.5) is 5.82 Å². The smallest absolute Gasteiger partial charge is 0.263 e. The van der Waals surface area contributed by atoms with Gasteiger partial charge in [-0.05, 0) is 18.2 Å². The third-order valence-corrected chi connectivity index (χ3v) is 3.98. The predicted molar refractivity (Wildman–Crippen MR) is 70.5 cm³/mol. The van der Waals surface area contributed by atoms with E-state index in [1.165, 1.54) is 29.1 Å². The van der Waals surface area contributed by atoms with Crippen LogP contribution in [0.1, 0.15) is 0 Å². The largest absolute Gasteiger partial charge is 0.264 e. The van der Waals surface area contributed by atoms with Gasteiger partial charge in [0.05, 0.1) is 11.1 Å². The Morgan fingerprint density at radius 3 is 2.33 bits per heavy atom. The van der Waals surface area contributed by atoms with Gasteiger partial charge in [-0.25, -0.2) is 8.42 Å². The second-order valence-electron chi connectivity index (χ2n) is 3.55. The molecule has 5 nitrogen and oxygen atoms in total. The predicted octanol–water partition coefficient (Wildman–Crippen LogP) is 2.53. The lowest BCUT2D eigenvalue weighted by Gasteiger charge is -2.08. The first-order valence-electron chi connectivity index (χ1n) is 4.85. The maximum absolute atomic E-state index is 12.1. The van der Waals surface area contributed by atoms with E-state index in [2.05, 4.69) is 9.82 Å². The highest BCUT2D eigenvalue weighted by atomic mass is 35.5.